The summed E-state index contributed by atoms with van der Waals surface area (Å²) in [4.78, 5) is 11.8. The number of hydrogen-bond donors (Lipinski definition) is 1. The molecule has 21 heavy (non-hydrogen) atoms. The minimum Gasteiger partial charge on any atom is -0.349 e. The molecule has 1 unspecified atom stereocenters. The van der Waals surface area contributed by atoms with Crippen molar-refractivity contribution in [1.29, 1.82) is 0 Å². The van der Waals surface area contributed by atoms with Gasteiger partial charge in [0, 0.05) is 22.3 Å². The highest BCUT2D eigenvalue weighted by Crippen LogP contribution is 2.24. The van der Waals surface area contributed by atoms with Crippen molar-refractivity contribution in [2.45, 2.75) is 51.0 Å². The Labute approximate surface area is 129 Å². The SMILES string of the molecule is CCCC(CC)NC(=O)c1cc(F)cc(S(=O)(=O)Cl)c1C. The Kier molecular flexibility index (Phi) is 6.16. The maximum absolute atomic E-state index is 13.6. The van der Waals surface area contributed by atoms with Crippen molar-refractivity contribution in [3.63, 3.8) is 0 Å². The van der Waals surface area contributed by atoms with Crippen LogP contribution in [0.25, 0.3) is 0 Å². The van der Waals surface area contributed by atoms with Gasteiger partial charge in [0.05, 0.1) is 4.90 Å². The lowest BCUT2D eigenvalue weighted by Gasteiger charge is -2.17. The zero-order valence-corrected chi connectivity index (χ0v) is 13.8. The predicted octanol–water partition coefficient (Wildman–Crippen LogP) is 3.37. The maximum Gasteiger partial charge on any atom is 0.261 e. The summed E-state index contributed by atoms with van der Waals surface area (Å²) in [7, 11) is 1.17. The fourth-order valence-corrected chi connectivity index (χ4v) is 3.34. The van der Waals surface area contributed by atoms with Crippen LogP contribution in [0.3, 0.4) is 0 Å². The Morgan fingerprint density at radius 3 is 2.48 bits per heavy atom. The largest absolute Gasteiger partial charge is 0.349 e. The number of rotatable bonds is 6. The number of hydrogen-bond acceptors (Lipinski definition) is 3. The van der Waals surface area contributed by atoms with Crippen LogP contribution < -0.4 is 5.32 Å². The van der Waals surface area contributed by atoms with E-state index in [1.807, 2.05) is 13.8 Å². The number of halogens is 2. The molecule has 0 aromatic heterocycles. The van der Waals surface area contributed by atoms with E-state index in [1.54, 1.807) is 0 Å². The molecule has 0 aliphatic carbocycles. The second-order valence-corrected chi connectivity index (χ2v) is 7.42. The normalized spacial score (nSPS) is 13.0. The molecule has 7 heteroatoms. The molecule has 0 saturated carbocycles. The summed E-state index contributed by atoms with van der Waals surface area (Å²) in [5.74, 6) is -1.30. The Morgan fingerprint density at radius 2 is 2.00 bits per heavy atom. The Bertz CT molecular complexity index is 631. The number of carbonyl (C=O) groups is 1. The third-order valence-corrected chi connectivity index (χ3v) is 4.75. The van der Waals surface area contributed by atoms with Crippen molar-refractivity contribution in [2.75, 3.05) is 0 Å². The van der Waals surface area contributed by atoms with Gasteiger partial charge in [0.1, 0.15) is 5.82 Å². The number of nitrogens with one attached hydrogen (secondary N) is 1. The summed E-state index contributed by atoms with van der Waals surface area (Å²) in [5, 5.41) is 2.79. The number of carbonyl (C=O) groups excluding carboxylic acids is 1. The summed E-state index contributed by atoms with van der Waals surface area (Å²) >= 11 is 0. The molecule has 0 aliphatic heterocycles. The van der Waals surface area contributed by atoms with Crippen LogP contribution >= 0.6 is 10.7 Å². The molecule has 0 heterocycles. The van der Waals surface area contributed by atoms with Crippen LogP contribution in [0.15, 0.2) is 17.0 Å². The molecule has 4 nitrogen and oxygen atoms in total. The summed E-state index contributed by atoms with van der Waals surface area (Å²) in [5.41, 5.74) is 0.138. The quantitative estimate of drug-likeness (QED) is 0.811. The summed E-state index contributed by atoms with van der Waals surface area (Å²) in [6.45, 7) is 5.37. The van der Waals surface area contributed by atoms with Gasteiger partial charge in [-0.15, -0.1) is 0 Å². The monoisotopic (exact) mass is 335 g/mol. The minimum atomic E-state index is -4.10. The standard InChI is InChI=1S/C14H19ClFNO3S/c1-4-6-11(5-2)17-14(18)12-7-10(16)8-13(9(12)3)21(15,19)20/h7-8,11H,4-6H2,1-3H3,(H,17,18). The molecular weight excluding hydrogens is 317 g/mol. The first-order chi connectivity index (χ1) is 9.70. The lowest BCUT2D eigenvalue weighted by atomic mass is 10.1. The van der Waals surface area contributed by atoms with Crippen molar-refractivity contribution in [3.05, 3.63) is 29.1 Å². The van der Waals surface area contributed by atoms with Crippen LogP contribution in [0, 0.1) is 12.7 Å². The molecule has 1 aromatic carbocycles. The number of amides is 1. The van der Waals surface area contributed by atoms with Gasteiger partial charge in [0.25, 0.3) is 15.0 Å². The Morgan fingerprint density at radius 1 is 1.38 bits per heavy atom. The third-order valence-electron chi connectivity index (χ3n) is 3.30. The van der Waals surface area contributed by atoms with Gasteiger partial charge in [-0.3, -0.25) is 4.79 Å². The van der Waals surface area contributed by atoms with Crippen LogP contribution in [0.4, 0.5) is 4.39 Å². The third kappa shape index (κ3) is 4.68. The van der Waals surface area contributed by atoms with Gasteiger partial charge in [-0.2, -0.15) is 0 Å². The van der Waals surface area contributed by atoms with E-state index in [1.165, 1.54) is 6.92 Å². The zero-order valence-electron chi connectivity index (χ0n) is 12.2. The van der Waals surface area contributed by atoms with Gasteiger partial charge in [-0.05, 0) is 37.5 Å². The molecule has 1 aromatic rings. The first kappa shape index (κ1) is 17.9. The molecule has 1 N–H and O–H groups in total. The van der Waals surface area contributed by atoms with Crippen LogP contribution in [0.1, 0.15) is 49.0 Å². The van der Waals surface area contributed by atoms with Crippen molar-refractivity contribution in [1.82, 2.24) is 5.32 Å². The van der Waals surface area contributed by atoms with Gasteiger partial charge >= 0.3 is 0 Å². The lowest BCUT2D eigenvalue weighted by Crippen LogP contribution is -2.34. The second kappa shape index (κ2) is 7.22. The first-order valence-electron chi connectivity index (χ1n) is 6.76. The second-order valence-electron chi connectivity index (χ2n) is 4.88. The van der Waals surface area contributed by atoms with Crippen molar-refractivity contribution in [3.8, 4) is 0 Å². The summed E-state index contributed by atoms with van der Waals surface area (Å²) < 4.78 is 36.4. The van der Waals surface area contributed by atoms with E-state index in [0.717, 1.165) is 31.4 Å². The van der Waals surface area contributed by atoms with E-state index in [0.29, 0.717) is 0 Å². The predicted molar refractivity (Wildman–Crippen MR) is 80.6 cm³/mol. The molecule has 1 rings (SSSR count). The van der Waals surface area contributed by atoms with Crippen LogP contribution in [0.5, 0.6) is 0 Å². The lowest BCUT2D eigenvalue weighted by molar-refractivity contribution is 0.0932. The fraction of sp³-hybridized carbons (Fsp3) is 0.500. The average Bonchev–Trinajstić information content (AvgIpc) is 2.39. The van der Waals surface area contributed by atoms with Crippen molar-refractivity contribution < 1.29 is 17.6 Å². The van der Waals surface area contributed by atoms with Crippen LogP contribution in [-0.4, -0.2) is 20.4 Å². The van der Waals surface area contributed by atoms with Gasteiger partial charge in [-0.1, -0.05) is 20.3 Å². The molecule has 0 radical (unpaired) electrons. The topological polar surface area (TPSA) is 63.2 Å². The summed E-state index contributed by atoms with van der Waals surface area (Å²) in [6, 6.07) is 1.81. The molecule has 1 atom stereocenters. The fourth-order valence-electron chi connectivity index (χ4n) is 2.13. The maximum atomic E-state index is 13.6. The van der Waals surface area contributed by atoms with Gasteiger partial charge < -0.3 is 5.32 Å². The van der Waals surface area contributed by atoms with E-state index in [4.69, 9.17) is 10.7 Å². The zero-order chi connectivity index (χ0) is 16.2. The smallest absolute Gasteiger partial charge is 0.261 e. The van der Waals surface area contributed by atoms with Gasteiger partial charge in [0.15, 0.2) is 0 Å². The molecule has 0 fully saturated rings. The van der Waals surface area contributed by atoms with Crippen molar-refractivity contribution in [2.24, 2.45) is 0 Å². The van der Waals surface area contributed by atoms with E-state index in [-0.39, 0.29) is 22.1 Å². The molecule has 118 valence electrons. The molecule has 0 saturated heterocycles. The molecular formula is C14H19ClFNO3S. The van der Waals surface area contributed by atoms with E-state index >= 15 is 0 Å². The van der Waals surface area contributed by atoms with Crippen LogP contribution in [-0.2, 0) is 9.05 Å². The van der Waals surface area contributed by atoms with E-state index in [9.17, 15) is 17.6 Å². The van der Waals surface area contributed by atoms with E-state index in [2.05, 4.69) is 5.32 Å². The van der Waals surface area contributed by atoms with Crippen molar-refractivity contribution >= 4 is 25.6 Å². The Balaban J connectivity index is 3.19. The highest BCUT2D eigenvalue weighted by atomic mass is 35.7. The highest BCUT2D eigenvalue weighted by molar-refractivity contribution is 8.13. The van der Waals surface area contributed by atoms with Gasteiger partial charge in [-0.25, -0.2) is 12.8 Å². The molecule has 1 amide bonds. The van der Waals surface area contributed by atoms with Gasteiger partial charge in [0.2, 0.25) is 0 Å². The first-order valence-corrected chi connectivity index (χ1v) is 9.07. The molecule has 0 spiro atoms. The summed E-state index contributed by atoms with van der Waals surface area (Å²) in [6.07, 6.45) is 2.45. The van der Waals surface area contributed by atoms with Crippen LogP contribution in [0.2, 0.25) is 0 Å². The highest BCUT2D eigenvalue weighted by Gasteiger charge is 2.22. The molecule has 0 bridgehead atoms. The molecule has 0 aliphatic rings. The number of benzene rings is 1. The average molecular weight is 336 g/mol. The Hall–Kier alpha value is -1.14. The minimum absolute atomic E-state index is 0.0104. The van der Waals surface area contributed by atoms with E-state index < -0.39 is 20.8 Å².